The fourth-order valence-corrected chi connectivity index (χ4v) is 4.95. The summed E-state index contributed by atoms with van der Waals surface area (Å²) in [5, 5.41) is 2.14. The molecule has 1 aliphatic carbocycles. The highest BCUT2D eigenvalue weighted by molar-refractivity contribution is 9.10. The molecule has 0 saturated heterocycles. The zero-order valence-corrected chi connectivity index (χ0v) is 17.1. The zero-order chi connectivity index (χ0) is 16.8. The molecule has 0 amide bonds. The molecular weight excluding hydrogens is 364 g/mol. The van der Waals surface area contributed by atoms with Crippen molar-refractivity contribution in [3.05, 3.63) is 55.7 Å². The highest BCUT2D eigenvalue weighted by Crippen LogP contribution is 2.46. The third kappa shape index (κ3) is 3.34. The maximum atomic E-state index is 3.55. The van der Waals surface area contributed by atoms with Crippen LogP contribution in [0.15, 0.2) is 34.1 Å². The number of benzene rings is 1. The predicted octanol–water partition coefficient (Wildman–Crippen LogP) is 7.42. The molecule has 0 bridgehead atoms. The van der Waals surface area contributed by atoms with Crippen LogP contribution in [0.4, 0.5) is 0 Å². The minimum Gasteiger partial charge on any atom is -0.143 e. The lowest BCUT2D eigenvalue weighted by atomic mass is 9.63. The fraction of sp³-hybridized carbons (Fsp3) is 0.429. The fourth-order valence-electron chi connectivity index (χ4n) is 3.54. The van der Waals surface area contributed by atoms with E-state index < -0.39 is 0 Å². The Labute approximate surface area is 152 Å². The highest BCUT2D eigenvalue weighted by atomic mass is 79.9. The van der Waals surface area contributed by atoms with Crippen molar-refractivity contribution in [2.75, 3.05) is 0 Å². The Morgan fingerprint density at radius 2 is 1.70 bits per heavy atom. The van der Waals surface area contributed by atoms with Gasteiger partial charge in [-0.15, -0.1) is 11.3 Å². The Morgan fingerprint density at radius 3 is 2.30 bits per heavy atom. The summed E-state index contributed by atoms with van der Waals surface area (Å²) in [7, 11) is 0. The summed E-state index contributed by atoms with van der Waals surface area (Å²) in [6.45, 7) is 11.7. The van der Waals surface area contributed by atoms with E-state index in [-0.39, 0.29) is 5.41 Å². The number of halogens is 1. The summed E-state index contributed by atoms with van der Waals surface area (Å²) in [4.78, 5) is 1.33. The molecule has 0 saturated carbocycles. The third-order valence-electron chi connectivity index (χ3n) is 5.22. The topological polar surface area (TPSA) is 0 Å². The Hall–Kier alpha value is -0.860. The van der Waals surface area contributed by atoms with Gasteiger partial charge in [0.2, 0.25) is 0 Å². The Kier molecular flexibility index (Phi) is 4.35. The monoisotopic (exact) mass is 388 g/mol. The molecular formula is C21H25BrS. The average Bonchev–Trinajstić information content (AvgIpc) is 2.91. The number of thiophene rings is 1. The molecule has 0 unspecified atom stereocenters. The maximum Gasteiger partial charge on any atom is 0.0311 e. The smallest absolute Gasteiger partial charge is 0.0311 e. The van der Waals surface area contributed by atoms with Crippen molar-refractivity contribution in [3.63, 3.8) is 0 Å². The standard InChI is InChI=1S/C21H25BrS/c1-14(19-12-16(22)13-23-19)10-15-6-7-17-18(11-15)21(4,5)9-8-20(17,2)3/h6-7,10-13H,8-9H2,1-5H3/b14-10+. The molecule has 3 rings (SSSR count). The van der Waals surface area contributed by atoms with Crippen LogP contribution in [0.25, 0.3) is 11.6 Å². The lowest BCUT2D eigenvalue weighted by molar-refractivity contribution is 0.332. The third-order valence-corrected chi connectivity index (χ3v) is 7.04. The van der Waals surface area contributed by atoms with Crippen molar-refractivity contribution in [2.24, 2.45) is 0 Å². The van der Waals surface area contributed by atoms with Gasteiger partial charge in [-0.25, -0.2) is 0 Å². The Morgan fingerprint density at radius 1 is 1.04 bits per heavy atom. The van der Waals surface area contributed by atoms with Crippen LogP contribution in [0.3, 0.4) is 0 Å². The van der Waals surface area contributed by atoms with E-state index in [4.69, 9.17) is 0 Å². The van der Waals surface area contributed by atoms with Crippen molar-refractivity contribution in [3.8, 4) is 0 Å². The van der Waals surface area contributed by atoms with Crippen molar-refractivity contribution in [2.45, 2.75) is 58.3 Å². The first kappa shape index (κ1) is 17.0. The van der Waals surface area contributed by atoms with Gasteiger partial charge in [-0.1, -0.05) is 52.0 Å². The van der Waals surface area contributed by atoms with E-state index in [2.05, 4.69) is 86.3 Å². The van der Waals surface area contributed by atoms with Crippen molar-refractivity contribution >= 4 is 38.9 Å². The summed E-state index contributed by atoms with van der Waals surface area (Å²) in [6, 6.07) is 9.26. The van der Waals surface area contributed by atoms with E-state index in [1.54, 1.807) is 11.3 Å². The van der Waals surface area contributed by atoms with Crippen molar-refractivity contribution in [1.82, 2.24) is 0 Å². The molecule has 0 aliphatic heterocycles. The van der Waals surface area contributed by atoms with Crippen LogP contribution < -0.4 is 0 Å². The van der Waals surface area contributed by atoms with Gasteiger partial charge < -0.3 is 0 Å². The van der Waals surface area contributed by atoms with Crippen molar-refractivity contribution in [1.29, 1.82) is 0 Å². The van der Waals surface area contributed by atoms with Gasteiger partial charge in [0, 0.05) is 14.7 Å². The van der Waals surface area contributed by atoms with Crippen LogP contribution in [0.5, 0.6) is 0 Å². The van der Waals surface area contributed by atoms with E-state index in [1.807, 2.05) is 0 Å². The lowest BCUT2D eigenvalue weighted by Gasteiger charge is -2.42. The van der Waals surface area contributed by atoms with Gasteiger partial charge in [0.1, 0.15) is 0 Å². The summed E-state index contributed by atoms with van der Waals surface area (Å²) >= 11 is 5.34. The van der Waals surface area contributed by atoms with Gasteiger partial charge >= 0.3 is 0 Å². The number of allylic oxidation sites excluding steroid dienone is 1. The van der Waals surface area contributed by atoms with Gasteiger partial charge in [-0.2, -0.15) is 0 Å². The molecule has 1 aliphatic rings. The molecule has 0 fully saturated rings. The molecule has 0 atom stereocenters. The van der Waals surface area contributed by atoms with Crippen molar-refractivity contribution < 1.29 is 0 Å². The van der Waals surface area contributed by atoms with Gasteiger partial charge in [0.25, 0.3) is 0 Å². The first-order chi connectivity index (χ1) is 10.7. The predicted molar refractivity (Wildman–Crippen MR) is 107 cm³/mol. The summed E-state index contributed by atoms with van der Waals surface area (Å²) in [6.07, 6.45) is 4.84. The van der Waals surface area contributed by atoms with E-state index in [9.17, 15) is 0 Å². The molecule has 0 radical (unpaired) electrons. The lowest BCUT2D eigenvalue weighted by Crippen LogP contribution is -2.33. The maximum absolute atomic E-state index is 3.55. The molecule has 2 aromatic rings. The van der Waals surface area contributed by atoms with E-state index in [0.29, 0.717) is 5.41 Å². The number of hydrogen-bond donors (Lipinski definition) is 0. The minimum atomic E-state index is 0.272. The number of rotatable bonds is 2. The second-order valence-corrected chi connectivity index (χ2v) is 9.86. The molecule has 1 heterocycles. The molecule has 0 spiro atoms. The van der Waals surface area contributed by atoms with Crippen LogP contribution in [-0.4, -0.2) is 0 Å². The Balaban J connectivity index is 2.03. The summed E-state index contributed by atoms with van der Waals surface area (Å²) in [5.74, 6) is 0. The first-order valence-corrected chi connectivity index (χ1v) is 9.94. The zero-order valence-electron chi connectivity index (χ0n) is 14.7. The largest absolute Gasteiger partial charge is 0.143 e. The van der Waals surface area contributed by atoms with Crippen LogP contribution in [0, 0.1) is 0 Å². The normalized spacial score (nSPS) is 19.5. The van der Waals surface area contributed by atoms with Gasteiger partial charge in [-0.05, 0) is 74.9 Å². The SMILES string of the molecule is C/C(=C\c1ccc2c(c1)C(C)(C)CCC2(C)C)c1cc(Br)cs1. The number of hydrogen-bond acceptors (Lipinski definition) is 1. The van der Waals surface area contributed by atoms with Crippen LogP contribution in [-0.2, 0) is 10.8 Å². The molecule has 122 valence electrons. The van der Waals surface area contributed by atoms with Crippen LogP contribution in [0.1, 0.15) is 69.0 Å². The van der Waals surface area contributed by atoms with Gasteiger partial charge in [0.05, 0.1) is 0 Å². The van der Waals surface area contributed by atoms with Gasteiger partial charge in [-0.3, -0.25) is 0 Å². The average molecular weight is 389 g/mol. The molecule has 1 aromatic carbocycles. The summed E-state index contributed by atoms with van der Waals surface area (Å²) in [5.41, 5.74) is 6.27. The minimum absolute atomic E-state index is 0.272. The molecule has 2 heteroatoms. The van der Waals surface area contributed by atoms with E-state index in [0.717, 1.165) is 0 Å². The molecule has 0 N–H and O–H groups in total. The molecule has 0 nitrogen and oxygen atoms in total. The second-order valence-electron chi connectivity index (χ2n) is 8.03. The highest BCUT2D eigenvalue weighted by Gasteiger charge is 2.36. The second kappa shape index (κ2) is 5.89. The van der Waals surface area contributed by atoms with E-state index in [1.165, 1.54) is 44.5 Å². The van der Waals surface area contributed by atoms with Gasteiger partial charge in [0.15, 0.2) is 0 Å². The number of fused-ring (bicyclic) bond motifs is 1. The van der Waals surface area contributed by atoms with Crippen LogP contribution in [0.2, 0.25) is 0 Å². The molecule has 23 heavy (non-hydrogen) atoms. The van der Waals surface area contributed by atoms with Crippen LogP contribution >= 0.6 is 27.3 Å². The van der Waals surface area contributed by atoms with E-state index >= 15 is 0 Å². The molecule has 1 aromatic heterocycles. The quantitative estimate of drug-likeness (QED) is 0.501. The summed E-state index contributed by atoms with van der Waals surface area (Å²) < 4.78 is 1.17. The first-order valence-electron chi connectivity index (χ1n) is 8.27. The Bertz CT molecular complexity index is 762.